The quantitative estimate of drug-likeness (QED) is 0.409. The Balaban J connectivity index is 1.49. The second-order valence-electron chi connectivity index (χ2n) is 7.39. The van der Waals surface area contributed by atoms with Crippen LogP contribution in [0.4, 0.5) is 5.69 Å². The molecule has 0 aromatic heterocycles. The molecule has 1 aliphatic rings. The van der Waals surface area contributed by atoms with Crippen LogP contribution in [-0.4, -0.2) is 17.8 Å². The first-order valence-corrected chi connectivity index (χ1v) is 10.1. The molecule has 6 heteroatoms. The predicted octanol–water partition coefficient (Wildman–Crippen LogP) is 4.23. The molecule has 0 unspecified atom stereocenters. The van der Waals surface area contributed by atoms with Gasteiger partial charge in [-0.15, -0.1) is 0 Å². The van der Waals surface area contributed by atoms with Crippen LogP contribution in [0.15, 0.2) is 60.7 Å². The third kappa shape index (κ3) is 6.58. The Morgan fingerprint density at radius 1 is 1.07 bits per heavy atom. The lowest BCUT2D eigenvalue weighted by Crippen LogP contribution is -2.22. The molecule has 2 aromatic rings. The predicted molar refractivity (Wildman–Crippen MR) is 115 cm³/mol. The van der Waals surface area contributed by atoms with Crippen molar-refractivity contribution in [2.45, 2.75) is 39.2 Å². The first-order valence-electron chi connectivity index (χ1n) is 10.1. The zero-order chi connectivity index (χ0) is 21.3. The largest absolute Gasteiger partial charge is 0.427 e. The fraction of sp³-hybridized carbons (Fsp3) is 0.292. The summed E-state index contributed by atoms with van der Waals surface area (Å²) in [7, 11) is 0. The van der Waals surface area contributed by atoms with Crippen molar-refractivity contribution in [1.29, 1.82) is 0 Å². The average molecular weight is 406 g/mol. The van der Waals surface area contributed by atoms with Gasteiger partial charge in [-0.3, -0.25) is 14.4 Å². The van der Waals surface area contributed by atoms with Crippen LogP contribution in [0.2, 0.25) is 0 Å². The van der Waals surface area contributed by atoms with Gasteiger partial charge in [0.2, 0.25) is 5.91 Å². The number of amides is 2. The summed E-state index contributed by atoms with van der Waals surface area (Å²) < 4.78 is 5.00. The van der Waals surface area contributed by atoms with E-state index in [0.29, 0.717) is 29.5 Å². The molecule has 1 fully saturated rings. The number of ether oxygens (including phenoxy) is 1. The first kappa shape index (κ1) is 21.3. The van der Waals surface area contributed by atoms with Crippen molar-refractivity contribution in [3.63, 3.8) is 0 Å². The molecule has 0 saturated heterocycles. The average Bonchev–Trinajstić information content (AvgIpc) is 3.25. The van der Waals surface area contributed by atoms with Gasteiger partial charge in [0.05, 0.1) is 0 Å². The second-order valence-corrected chi connectivity index (χ2v) is 7.39. The highest BCUT2D eigenvalue weighted by molar-refractivity contribution is 5.99. The fourth-order valence-electron chi connectivity index (χ4n) is 3.41. The summed E-state index contributed by atoms with van der Waals surface area (Å²) in [5.74, 6) is 0.0245. The Labute approximate surface area is 176 Å². The molecule has 156 valence electrons. The number of anilines is 1. The van der Waals surface area contributed by atoms with E-state index in [2.05, 4.69) is 10.6 Å². The third-order valence-electron chi connectivity index (χ3n) is 4.95. The lowest BCUT2D eigenvalue weighted by atomic mass is 10.1. The molecular formula is C24H26N2O4. The van der Waals surface area contributed by atoms with Crippen molar-refractivity contribution in [3.05, 3.63) is 71.8 Å². The summed E-state index contributed by atoms with van der Waals surface area (Å²) in [6.07, 6.45) is 8.44. The normalized spacial score (nSPS) is 13.9. The molecule has 6 nitrogen and oxygen atoms in total. The van der Waals surface area contributed by atoms with Gasteiger partial charge >= 0.3 is 5.97 Å². The Morgan fingerprint density at radius 2 is 1.80 bits per heavy atom. The number of benzene rings is 2. The van der Waals surface area contributed by atoms with Gasteiger partial charge in [0, 0.05) is 24.7 Å². The van der Waals surface area contributed by atoms with Gasteiger partial charge in [0.15, 0.2) is 0 Å². The molecule has 0 spiro atoms. The van der Waals surface area contributed by atoms with E-state index in [1.807, 2.05) is 30.3 Å². The fourth-order valence-corrected chi connectivity index (χ4v) is 3.41. The van der Waals surface area contributed by atoms with E-state index in [0.717, 1.165) is 18.4 Å². The molecule has 0 heterocycles. The van der Waals surface area contributed by atoms with Crippen LogP contribution in [-0.2, 0) is 16.1 Å². The van der Waals surface area contributed by atoms with Gasteiger partial charge < -0.3 is 15.4 Å². The smallest absolute Gasteiger partial charge is 0.308 e. The molecule has 2 aromatic carbocycles. The number of hydrogen-bond donors (Lipinski definition) is 2. The highest BCUT2D eigenvalue weighted by Crippen LogP contribution is 2.25. The number of rotatable bonds is 7. The van der Waals surface area contributed by atoms with Crippen LogP contribution < -0.4 is 15.4 Å². The van der Waals surface area contributed by atoms with Gasteiger partial charge in [-0.05, 0) is 60.7 Å². The number of allylic oxidation sites excluding steroid dienone is 1. The number of carbonyl (C=O) groups excluding carboxylic acids is 3. The molecule has 0 aliphatic heterocycles. The van der Waals surface area contributed by atoms with Gasteiger partial charge in [-0.2, -0.15) is 0 Å². The number of esters is 1. The molecule has 1 aliphatic carbocycles. The van der Waals surface area contributed by atoms with E-state index < -0.39 is 5.97 Å². The molecular weight excluding hydrogens is 380 g/mol. The lowest BCUT2D eigenvalue weighted by molar-refractivity contribution is -0.131. The minimum absolute atomic E-state index is 0.129. The third-order valence-corrected chi connectivity index (χ3v) is 4.95. The summed E-state index contributed by atoms with van der Waals surface area (Å²) in [5, 5.41) is 5.68. The minimum atomic E-state index is -0.436. The number of hydrogen-bond acceptors (Lipinski definition) is 4. The maximum atomic E-state index is 12.3. The van der Waals surface area contributed by atoms with E-state index in [-0.39, 0.29) is 11.8 Å². The monoisotopic (exact) mass is 406 g/mol. The van der Waals surface area contributed by atoms with Crippen molar-refractivity contribution < 1.29 is 19.1 Å². The zero-order valence-corrected chi connectivity index (χ0v) is 17.0. The van der Waals surface area contributed by atoms with Gasteiger partial charge in [-0.1, -0.05) is 37.1 Å². The standard InChI is InChI=1S/C24H26N2O4/c1-17(27)30-22-8-4-7-20(15-22)24(29)25-16-19-9-12-21(13-10-19)26-23(28)14-11-18-5-2-3-6-18/h4,7-15,18H,2-3,5-6,16H2,1H3,(H,25,29)(H,26,28)/b14-11+. The summed E-state index contributed by atoms with van der Waals surface area (Å²) in [4.78, 5) is 35.4. The number of nitrogens with one attached hydrogen (secondary N) is 2. The van der Waals surface area contributed by atoms with E-state index in [9.17, 15) is 14.4 Å². The van der Waals surface area contributed by atoms with Crippen molar-refractivity contribution in [3.8, 4) is 5.75 Å². The Bertz CT molecular complexity index is 928. The minimum Gasteiger partial charge on any atom is -0.427 e. The SMILES string of the molecule is CC(=O)Oc1cccc(C(=O)NCc2ccc(NC(=O)/C=C/C3CCCC3)cc2)c1. The summed E-state index contributed by atoms with van der Waals surface area (Å²) >= 11 is 0. The van der Waals surface area contributed by atoms with Crippen LogP contribution in [0.5, 0.6) is 5.75 Å². The molecule has 0 atom stereocenters. The summed E-state index contributed by atoms with van der Waals surface area (Å²) in [6, 6.07) is 13.8. The van der Waals surface area contributed by atoms with Crippen molar-refractivity contribution in [2.24, 2.45) is 5.92 Å². The zero-order valence-electron chi connectivity index (χ0n) is 17.0. The van der Waals surface area contributed by atoms with Gasteiger partial charge in [0.1, 0.15) is 5.75 Å². The van der Waals surface area contributed by atoms with Crippen molar-refractivity contribution in [1.82, 2.24) is 5.32 Å². The molecule has 1 saturated carbocycles. The second kappa shape index (κ2) is 10.4. The van der Waals surface area contributed by atoms with Gasteiger partial charge in [-0.25, -0.2) is 0 Å². The van der Waals surface area contributed by atoms with Crippen LogP contribution in [0.3, 0.4) is 0 Å². The first-order chi connectivity index (χ1) is 14.5. The topological polar surface area (TPSA) is 84.5 Å². The highest BCUT2D eigenvalue weighted by atomic mass is 16.5. The molecule has 0 radical (unpaired) electrons. The van der Waals surface area contributed by atoms with Crippen LogP contribution in [0.1, 0.15) is 48.5 Å². The van der Waals surface area contributed by atoms with E-state index in [1.165, 1.54) is 25.8 Å². The Kier molecular flexibility index (Phi) is 7.38. The molecule has 2 amide bonds. The summed E-state index contributed by atoms with van der Waals surface area (Å²) in [6.45, 7) is 1.65. The van der Waals surface area contributed by atoms with E-state index >= 15 is 0 Å². The maximum absolute atomic E-state index is 12.3. The maximum Gasteiger partial charge on any atom is 0.308 e. The Morgan fingerprint density at radius 3 is 2.50 bits per heavy atom. The van der Waals surface area contributed by atoms with Crippen LogP contribution in [0.25, 0.3) is 0 Å². The van der Waals surface area contributed by atoms with Crippen molar-refractivity contribution >= 4 is 23.5 Å². The summed E-state index contributed by atoms with van der Waals surface area (Å²) in [5.41, 5.74) is 2.02. The van der Waals surface area contributed by atoms with Crippen LogP contribution >= 0.6 is 0 Å². The van der Waals surface area contributed by atoms with Gasteiger partial charge in [0.25, 0.3) is 5.91 Å². The molecule has 2 N–H and O–H groups in total. The van der Waals surface area contributed by atoms with E-state index in [4.69, 9.17) is 4.74 Å². The van der Waals surface area contributed by atoms with E-state index in [1.54, 1.807) is 24.3 Å². The molecule has 0 bridgehead atoms. The molecule has 3 rings (SSSR count). The highest BCUT2D eigenvalue weighted by Gasteiger charge is 2.12. The Hall–Kier alpha value is -3.41. The van der Waals surface area contributed by atoms with Crippen molar-refractivity contribution in [2.75, 3.05) is 5.32 Å². The molecule has 30 heavy (non-hydrogen) atoms. The number of carbonyl (C=O) groups is 3. The lowest BCUT2D eigenvalue weighted by Gasteiger charge is -2.08. The van der Waals surface area contributed by atoms with Crippen LogP contribution in [0, 0.1) is 5.92 Å².